The van der Waals surface area contributed by atoms with Gasteiger partial charge in [-0.2, -0.15) is 0 Å². The molecule has 0 radical (unpaired) electrons. The fourth-order valence-electron chi connectivity index (χ4n) is 1.95. The molecule has 1 atom stereocenters. The molecule has 2 rings (SSSR count). The largest absolute Gasteiger partial charge is 0.379 e. The van der Waals surface area contributed by atoms with Gasteiger partial charge in [-0.3, -0.25) is 9.69 Å². The zero-order valence-electron chi connectivity index (χ0n) is 10.3. The van der Waals surface area contributed by atoms with Crippen LogP contribution in [-0.4, -0.2) is 49.7 Å². The maximum absolute atomic E-state index is 12.0. The van der Waals surface area contributed by atoms with E-state index in [-0.39, 0.29) is 11.9 Å². The van der Waals surface area contributed by atoms with E-state index in [1.54, 1.807) is 11.3 Å². The first-order valence-corrected chi connectivity index (χ1v) is 7.96. The summed E-state index contributed by atoms with van der Waals surface area (Å²) in [6, 6.07) is 2.08. The van der Waals surface area contributed by atoms with Gasteiger partial charge in [0.05, 0.1) is 21.7 Å². The molecule has 0 saturated carbocycles. The van der Waals surface area contributed by atoms with Crippen molar-refractivity contribution in [3.8, 4) is 0 Å². The van der Waals surface area contributed by atoms with Crippen molar-refractivity contribution >= 4 is 39.8 Å². The Kier molecular flexibility index (Phi) is 5.40. The fraction of sp³-hybridized carbons (Fsp3) is 0.583. The standard InChI is InChI=1S/C12H17IN2O2S/c1-9(7-15-2-4-17-5-3-15)14-12(16)10-6-11(13)18-8-10/h6,8-9H,2-5,7H2,1H3,(H,14,16). The second-order valence-corrected chi connectivity index (χ2v) is 7.23. The Labute approximate surface area is 125 Å². The lowest BCUT2D eigenvalue weighted by Crippen LogP contribution is -2.45. The highest BCUT2D eigenvalue weighted by molar-refractivity contribution is 14.1. The molecule has 1 fully saturated rings. The number of rotatable bonds is 4. The summed E-state index contributed by atoms with van der Waals surface area (Å²) in [7, 11) is 0. The molecule has 0 bridgehead atoms. The molecule has 1 aliphatic heterocycles. The van der Waals surface area contributed by atoms with Crippen LogP contribution in [0.4, 0.5) is 0 Å². The van der Waals surface area contributed by atoms with E-state index in [0.717, 1.165) is 41.3 Å². The number of amides is 1. The highest BCUT2D eigenvalue weighted by Gasteiger charge is 2.16. The number of ether oxygens (including phenoxy) is 1. The number of halogens is 1. The Morgan fingerprint density at radius 2 is 2.33 bits per heavy atom. The average Bonchev–Trinajstić information content (AvgIpc) is 2.77. The van der Waals surface area contributed by atoms with E-state index in [1.165, 1.54) is 0 Å². The van der Waals surface area contributed by atoms with Crippen molar-refractivity contribution in [3.63, 3.8) is 0 Å². The van der Waals surface area contributed by atoms with Crippen LogP contribution in [0.1, 0.15) is 17.3 Å². The Balaban J connectivity index is 1.79. The maximum atomic E-state index is 12.0. The Morgan fingerprint density at radius 3 is 2.94 bits per heavy atom. The lowest BCUT2D eigenvalue weighted by atomic mass is 10.2. The first-order chi connectivity index (χ1) is 8.65. The highest BCUT2D eigenvalue weighted by Crippen LogP contribution is 2.16. The third kappa shape index (κ3) is 4.18. The summed E-state index contributed by atoms with van der Waals surface area (Å²) in [5.41, 5.74) is 0.762. The van der Waals surface area contributed by atoms with Gasteiger partial charge in [0.15, 0.2) is 0 Å². The van der Waals surface area contributed by atoms with E-state index in [0.29, 0.717) is 0 Å². The van der Waals surface area contributed by atoms with Gasteiger partial charge >= 0.3 is 0 Å². The van der Waals surface area contributed by atoms with Crippen LogP contribution in [0.3, 0.4) is 0 Å². The zero-order chi connectivity index (χ0) is 13.0. The first-order valence-electron chi connectivity index (χ1n) is 6.00. The lowest BCUT2D eigenvalue weighted by molar-refractivity contribution is 0.0342. The van der Waals surface area contributed by atoms with Gasteiger partial charge < -0.3 is 10.1 Å². The third-order valence-corrected chi connectivity index (χ3v) is 4.63. The monoisotopic (exact) mass is 380 g/mol. The predicted octanol–water partition coefficient (Wildman–Crippen LogP) is 1.80. The molecule has 1 saturated heterocycles. The van der Waals surface area contributed by atoms with Crippen LogP contribution in [0, 0.1) is 2.88 Å². The fourth-order valence-corrected chi connectivity index (χ4v) is 3.28. The summed E-state index contributed by atoms with van der Waals surface area (Å²) in [4.78, 5) is 14.3. The van der Waals surface area contributed by atoms with E-state index < -0.39 is 0 Å². The molecule has 1 unspecified atom stereocenters. The first kappa shape index (κ1) is 14.2. The van der Waals surface area contributed by atoms with Crippen LogP contribution in [0.25, 0.3) is 0 Å². The second kappa shape index (κ2) is 6.83. The number of morpholine rings is 1. The van der Waals surface area contributed by atoms with Crippen LogP contribution in [-0.2, 0) is 4.74 Å². The molecule has 1 N–H and O–H groups in total. The van der Waals surface area contributed by atoms with Gasteiger partial charge in [0.2, 0.25) is 0 Å². The van der Waals surface area contributed by atoms with Crippen molar-refractivity contribution in [3.05, 3.63) is 19.9 Å². The molecule has 2 heterocycles. The summed E-state index contributed by atoms with van der Waals surface area (Å²) in [5, 5.41) is 4.94. The number of nitrogens with zero attached hydrogens (tertiary/aromatic N) is 1. The topological polar surface area (TPSA) is 41.6 Å². The van der Waals surface area contributed by atoms with Crippen molar-refractivity contribution in [2.24, 2.45) is 0 Å². The average molecular weight is 380 g/mol. The zero-order valence-corrected chi connectivity index (χ0v) is 13.3. The molecule has 0 spiro atoms. The van der Waals surface area contributed by atoms with E-state index in [2.05, 4.69) is 32.8 Å². The summed E-state index contributed by atoms with van der Waals surface area (Å²) >= 11 is 3.82. The molecule has 18 heavy (non-hydrogen) atoms. The van der Waals surface area contributed by atoms with Gasteiger partial charge in [0.25, 0.3) is 5.91 Å². The SMILES string of the molecule is CC(CN1CCOCC1)NC(=O)c1csc(I)c1. The van der Waals surface area contributed by atoms with E-state index in [4.69, 9.17) is 4.74 Å². The Morgan fingerprint density at radius 1 is 1.61 bits per heavy atom. The quantitative estimate of drug-likeness (QED) is 0.811. The van der Waals surface area contributed by atoms with Gasteiger partial charge in [0, 0.05) is 31.1 Å². The van der Waals surface area contributed by atoms with E-state index >= 15 is 0 Å². The van der Waals surface area contributed by atoms with Crippen LogP contribution in [0.15, 0.2) is 11.4 Å². The molecule has 1 aliphatic rings. The number of hydrogen-bond donors (Lipinski definition) is 1. The van der Waals surface area contributed by atoms with Crippen LogP contribution >= 0.6 is 33.9 Å². The van der Waals surface area contributed by atoms with Crippen molar-refractivity contribution < 1.29 is 9.53 Å². The third-order valence-electron chi connectivity index (χ3n) is 2.84. The molecular weight excluding hydrogens is 363 g/mol. The molecule has 1 aromatic rings. The molecule has 0 aromatic carbocycles. The number of nitrogens with one attached hydrogen (secondary N) is 1. The minimum atomic E-state index is 0.0231. The molecule has 4 nitrogen and oxygen atoms in total. The minimum Gasteiger partial charge on any atom is -0.379 e. The van der Waals surface area contributed by atoms with Crippen molar-refractivity contribution in [1.82, 2.24) is 10.2 Å². The molecule has 6 heteroatoms. The van der Waals surface area contributed by atoms with Gasteiger partial charge in [-0.1, -0.05) is 0 Å². The van der Waals surface area contributed by atoms with Crippen LogP contribution < -0.4 is 5.32 Å². The highest BCUT2D eigenvalue weighted by atomic mass is 127. The molecule has 1 aromatic heterocycles. The molecular formula is C12H17IN2O2S. The van der Waals surface area contributed by atoms with Crippen molar-refractivity contribution in [2.75, 3.05) is 32.8 Å². The van der Waals surface area contributed by atoms with E-state index in [1.807, 2.05) is 18.4 Å². The number of carbonyl (C=O) groups is 1. The lowest BCUT2D eigenvalue weighted by Gasteiger charge is -2.29. The van der Waals surface area contributed by atoms with Crippen LogP contribution in [0.5, 0.6) is 0 Å². The number of carbonyl (C=O) groups excluding carboxylic acids is 1. The second-order valence-electron chi connectivity index (χ2n) is 4.43. The summed E-state index contributed by atoms with van der Waals surface area (Å²) in [6.07, 6.45) is 0. The van der Waals surface area contributed by atoms with Gasteiger partial charge in [0.1, 0.15) is 0 Å². The summed E-state index contributed by atoms with van der Waals surface area (Å²) in [6.45, 7) is 6.43. The Hall–Kier alpha value is -0.180. The van der Waals surface area contributed by atoms with Gasteiger partial charge in [-0.15, -0.1) is 11.3 Å². The van der Waals surface area contributed by atoms with Crippen molar-refractivity contribution in [1.29, 1.82) is 0 Å². The predicted molar refractivity (Wildman–Crippen MR) is 81.2 cm³/mol. The maximum Gasteiger partial charge on any atom is 0.252 e. The van der Waals surface area contributed by atoms with Gasteiger partial charge in [-0.05, 0) is 35.6 Å². The van der Waals surface area contributed by atoms with Crippen molar-refractivity contribution in [2.45, 2.75) is 13.0 Å². The molecule has 1 amide bonds. The van der Waals surface area contributed by atoms with Gasteiger partial charge in [-0.25, -0.2) is 0 Å². The van der Waals surface area contributed by atoms with E-state index in [9.17, 15) is 4.79 Å². The summed E-state index contributed by atoms with van der Waals surface area (Å²) < 4.78 is 6.44. The Bertz CT molecular complexity index is 405. The number of thiophene rings is 1. The minimum absolute atomic E-state index is 0.0231. The molecule has 0 aliphatic carbocycles. The smallest absolute Gasteiger partial charge is 0.252 e. The molecule has 100 valence electrons. The number of hydrogen-bond acceptors (Lipinski definition) is 4. The normalized spacial score (nSPS) is 18.6. The summed E-state index contributed by atoms with van der Waals surface area (Å²) in [5.74, 6) is 0.0231. The van der Waals surface area contributed by atoms with Crippen LogP contribution in [0.2, 0.25) is 0 Å².